The molecule has 0 spiro atoms. The van der Waals surface area contributed by atoms with Gasteiger partial charge in [-0.2, -0.15) is 0 Å². The van der Waals surface area contributed by atoms with Crippen molar-refractivity contribution in [3.05, 3.63) is 58.6 Å². The second kappa shape index (κ2) is 8.64. The van der Waals surface area contributed by atoms with Crippen LogP contribution in [-0.2, 0) is 4.79 Å². The number of rotatable bonds is 6. The highest BCUT2D eigenvalue weighted by Crippen LogP contribution is 2.26. The molecular formula is C18H20ClN3O4. The standard InChI is InChI=1S/C18H19N3O4.ClH/c1-12(13-10-19-11-13)18(22)20-14-3-2-4-17(9-14)25-16-7-5-15(6-8-16)21(23)24;/h2-9,12-13,19H,10-11H2,1H3,(H,20,22);1H. The number of nitrogens with one attached hydrogen (secondary N) is 2. The minimum Gasteiger partial charge on any atom is -0.457 e. The highest BCUT2D eigenvalue weighted by molar-refractivity contribution is 5.92. The Labute approximate surface area is 157 Å². The van der Waals surface area contributed by atoms with Crippen LogP contribution in [0.25, 0.3) is 0 Å². The van der Waals surface area contributed by atoms with E-state index >= 15 is 0 Å². The first-order valence-corrected chi connectivity index (χ1v) is 8.07. The third-order valence-electron chi connectivity index (χ3n) is 4.32. The number of ether oxygens (including phenoxy) is 1. The van der Waals surface area contributed by atoms with Gasteiger partial charge in [-0.25, -0.2) is 0 Å². The molecule has 1 saturated heterocycles. The summed E-state index contributed by atoms with van der Waals surface area (Å²) in [4.78, 5) is 22.5. The van der Waals surface area contributed by atoms with Crippen molar-refractivity contribution in [2.45, 2.75) is 6.92 Å². The van der Waals surface area contributed by atoms with Gasteiger partial charge in [-0.3, -0.25) is 14.9 Å². The number of anilines is 1. The van der Waals surface area contributed by atoms with Crippen molar-refractivity contribution in [3.63, 3.8) is 0 Å². The van der Waals surface area contributed by atoms with Gasteiger partial charge in [0.2, 0.25) is 5.91 Å². The first-order valence-electron chi connectivity index (χ1n) is 8.07. The summed E-state index contributed by atoms with van der Waals surface area (Å²) in [6, 6.07) is 12.9. The molecule has 0 aliphatic carbocycles. The number of amides is 1. The minimum atomic E-state index is -0.460. The van der Waals surface area contributed by atoms with E-state index in [0.717, 1.165) is 13.1 Å². The maximum atomic E-state index is 12.3. The molecular weight excluding hydrogens is 358 g/mol. The fourth-order valence-electron chi connectivity index (χ4n) is 2.54. The van der Waals surface area contributed by atoms with Crippen molar-refractivity contribution < 1.29 is 14.5 Å². The van der Waals surface area contributed by atoms with Crippen LogP contribution in [0.3, 0.4) is 0 Å². The van der Waals surface area contributed by atoms with Crippen LogP contribution in [0, 0.1) is 22.0 Å². The van der Waals surface area contributed by atoms with Crippen molar-refractivity contribution in [3.8, 4) is 11.5 Å². The van der Waals surface area contributed by atoms with Gasteiger partial charge in [0, 0.05) is 29.8 Å². The van der Waals surface area contributed by atoms with Crippen molar-refractivity contribution in [1.29, 1.82) is 0 Å². The van der Waals surface area contributed by atoms with E-state index in [-0.39, 0.29) is 29.9 Å². The molecule has 3 rings (SSSR count). The van der Waals surface area contributed by atoms with Crippen molar-refractivity contribution in [2.24, 2.45) is 11.8 Å². The third-order valence-corrected chi connectivity index (χ3v) is 4.32. The van der Waals surface area contributed by atoms with Crippen LogP contribution in [-0.4, -0.2) is 23.9 Å². The summed E-state index contributed by atoms with van der Waals surface area (Å²) in [5.41, 5.74) is 0.663. The van der Waals surface area contributed by atoms with Gasteiger partial charge in [-0.05, 0) is 43.3 Å². The molecule has 0 bridgehead atoms. The molecule has 2 N–H and O–H groups in total. The molecule has 0 saturated carbocycles. The molecule has 0 aromatic heterocycles. The summed E-state index contributed by atoms with van der Waals surface area (Å²) in [6.07, 6.45) is 0. The molecule has 1 atom stereocenters. The summed E-state index contributed by atoms with van der Waals surface area (Å²) in [6.45, 7) is 3.67. The van der Waals surface area contributed by atoms with Crippen LogP contribution in [0.5, 0.6) is 11.5 Å². The molecule has 138 valence electrons. The maximum Gasteiger partial charge on any atom is 0.269 e. The lowest BCUT2D eigenvalue weighted by atomic mass is 9.88. The minimum absolute atomic E-state index is 0. The molecule has 1 amide bonds. The van der Waals surface area contributed by atoms with E-state index in [1.165, 1.54) is 24.3 Å². The van der Waals surface area contributed by atoms with E-state index in [4.69, 9.17) is 4.74 Å². The summed E-state index contributed by atoms with van der Waals surface area (Å²) in [5, 5.41) is 16.7. The number of non-ortho nitro benzene ring substituents is 1. The SMILES string of the molecule is CC(C(=O)Nc1cccc(Oc2ccc([N+](=O)[O-])cc2)c1)C1CNC1.Cl. The summed E-state index contributed by atoms with van der Waals surface area (Å²) < 4.78 is 5.69. The Balaban J connectivity index is 0.00000243. The maximum absolute atomic E-state index is 12.3. The Morgan fingerprint density at radius 1 is 1.23 bits per heavy atom. The fraction of sp³-hybridized carbons (Fsp3) is 0.278. The van der Waals surface area contributed by atoms with Crippen LogP contribution in [0.15, 0.2) is 48.5 Å². The van der Waals surface area contributed by atoms with Crippen LogP contribution >= 0.6 is 12.4 Å². The summed E-state index contributed by atoms with van der Waals surface area (Å²) in [5.74, 6) is 1.34. The highest BCUT2D eigenvalue weighted by atomic mass is 35.5. The normalized spacial score (nSPS) is 14.5. The number of hydrogen-bond donors (Lipinski definition) is 2. The first-order chi connectivity index (χ1) is 12.0. The van der Waals surface area contributed by atoms with Crippen LogP contribution in [0.4, 0.5) is 11.4 Å². The van der Waals surface area contributed by atoms with Crippen LogP contribution < -0.4 is 15.4 Å². The average molecular weight is 378 g/mol. The monoisotopic (exact) mass is 377 g/mol. The van der Waals surface area contributed by atoms with Gasteiger partial charge in [-0.1, -0.05) is 13.0 Å². The zero-order valence-electron chi connectivity index (χ0n) is 14.2. The smallest absolute Gasteiger partial charge is 0.269 e. The molecule has 1 heterocycles. The largest absolute Gasteiger partial charge is 0.457 e. The first kappa shape index (κ1) is 19.7. The lowest BCUT2D eigenvalue weighted by molar-refractivity contribution is -0.384. The van der Waals surface area contributed by atoms with E-state index in [9.17, 15) is 14.9 Å². The number of hydrogen-bond acceptors (Lipinski definition) is 5. The van der Waals surface area contributed by atoms with Crippen molar-refractivity contribution in [2.75, 3.05) is 18.4 Å². The Hall–Kier alpha value is -2.64. The van der Waals surface area contributed by atoms with Gasteiger partial charge in [-0.15, -0.1) is 12.4 Å². The Morgan fingerprint density at radius 3 is 2.50 bits per heavy atom. The number of benzene rings is 2. The molecule has 7 nitrogen and oxygen atoms in total. The number of halogens is 1. The Kier molecular flexibility index (Phi) is 6.54. The Morgan fingerprint density at radius 2 is 1.92 bits per heavy atom. The van der Waals surface area contributed by atoms with Crippen molar-refractivity contribution in [1.82, 2.24) is 5.32 Å². The number of carbonyl (C=O) groups excluding carboxylic acids is 1. The number of nitro benzene ring substituents is 1. The highest BCUT2D eigenvalue weighted by Gasteiger charge is 2.28. The van der Waals surface area contributed by atoms with E-state index in [1.54, 1.807) is 24.3 Å². The summed E-state index contributed by atoms with van der Waals surface area (Å²) >= 11 is 0. The van der Waals surface area contributed by atoms with Gasteiger partial charge >= 0.3 is 0 Å². The zero-order valence-corrected chi connectivity index (χ0v) is 15.0. The summed E-state index contributed by atoms with van der Waals surface area (Å²) in [7, 11) is 0. The molecule has 1 fully saturated rings. The molecule has 2 aromatic carbocycles. The van der Waals surface area contributed by atoms with E-state index in [0.29, 0.717) is 23.1 Å². The second-order valence-electron chi connectivity index (χ2n) is 6.08. The molecule has 0 radical (unpaired) electrons. The van der Waals surface area contributed by atoms with E-state index in [1.807, 2.05) is 6.92 Å². The Bertz CT molecular complexity index is 778. The number of carbonyl (C=O) groups is 1. The molecule has 2 aromatic rings. The van der Waals surface area contributed by atoms with Crippen LogP contribution in [0.2, 0.25) is 0 Å². The average Bonchev–Trinajstić information content (AvgIpc) is 2.54. The fourth-order valence-corrected chi connectivity index (χ4v) is 2.54. The third kappa shape index (κ3) is 4.71. The van der Waals surface area contributed by atoms with Gasteiger partial charge in [0.15, 0.2) is 0 Å². The second-order valence-corrected chi connectivity index (χ2v) is 6.08. The zero-order chi connectivity index (χ0) is 17.8. The predicted octanol–water partition coefficient (Wildman–Crippen LogP) is 3.60. The number of nitrogens with zero attached hydrogens (tertiary/aromatic N) is 1. The van der Waals surface area contributed by atoms with E-state index in [2.05, 4.69) is 10.6 Å². The number of nitro groups is 1. The quantitative estimate of drug-likeness (QED) is 0.592. The molecule has 8 heteroatoms. The lowest BCUT2D eigenvalue weighted by Crippen LogP contribution is -2.48. The topological polar surface area (TPSA) is 93.5 Å². The van der Waals surface area contributed by atoms with Gasteiger partial charge in [0.25, 0.3) is 5.69 Å². The van der Waals surface area contributed by atoms with Gasteiger partial charge in [0.1, 0.15) is 11.5 Å². The lowest BCUT2D eigenvalue weighted by Gasteiger charge is -2.31. The molecule has 1 unspecified atom stereocenters. The van der Waals surface area contributed by atoms with Crippen molar-refractivity contribution >= 4 is 29.7 Å². The molecule has 26 heavy (non-hydrogen) atoms. The molecule has 1 aliphatic rings. The van der Waals surface area contributed by atoms with E-state index < -0.39 is 4.92 Å². The van der Waals surface area contributed by atoms with Crippen LogP contribution in [0.1, 0.15) is 6.92 Å². The molecule has 1 aliphatic heterocycles. The van der Waals surface area contributed by atoms with Gasteiger partial charge < -0.3 is 15.4 Å². The predicted molar refractivity (Wildman–Crippen MR) is 101 cm³/mol. The van der Waals surface area contributed by atoms with Gasteiger partial charge in [0.05, 0.1) is 4.92 Å².